The van der Waals surface area contributed by atoms with Crippen molar-refractivity contribution in [3.63, 3.8) is 0 Å². The summed E-state index contributed by atoms with van der Waals surface area (Å²) in [4.78, 5) is 13.7. The van der Waals surface area contributed by atoms with E-state index in [0.29, 0.717) is 30.1 Å². The fourth-order valence-corrected chi connectivity index (χ4v) is 2.71. The highest BCUT2D eigenvalue weighted by Crippen LogP contribution is 2.27. The fourth-order valence-electron chi connectivity index (χ4n) is 2.71. The number of aryl methyl sites for hydroxylation is 1. The van der Waals surface area contributed by atoms with Crippen molar-refractivity contribution < 1.29 is 14.1 Å². The normalized spacial score (nSPS) is 17.2. The van der Waals surface area contributed by atoms with Crippen molar-refractivity contribution in [2.75, 3.05) is 11.4 Å². The molecule has 4 rings (SSSR count). The number of cyclic esters (lactones) is 1. The van der Waals surface area contributed by atoms with Crippen LogP contribution in [0.25, 0.3) is 11.0 Å². The lowest BCUT2D eigenvalue weighted by Crippen LogP contribution is -2.26. The van der Waals surface area contributed by atoms with E-state index in [-0.39, 0.29) is 6.10 Å². The van der Waals surface area contributed by atoms with Crippen molar-refractivity contribution in [1.82, 2.24) is 20.2 Å². The topological polar surface area (TPSA) is 86.3 Å². The molecule has 24 heavy (non-hydrogen) atoms. The summed E-state index contributed by atoms with van der Waals surface area (Å²) in [5.41, 5.74) is 2.60. The predicted octanol–water partition coefficient (Wildman–Crippen LogP) is 1.73. The first-order chi connectivity index (χ1) is 11.6. The number of hydrogen-bond acceptors (Lipinski definition) is 6. The minimum atomic E-state index is -0.409. The fraction of sp³-hybridized carbons (Fsp3) is 0.250. The van der Waals surface area contributed by atoms with Crippen LogP contribution in [-0.2, 0) is 11.3 Å². The third kappa shape index (κ3) is 2.36. The lowest BCUT2D eigenvalue weighted by Gasteiger charge is -2.12. The van der Waals surface area contributed by atoms with Crippen LogP contribution in [0.4, 0.5) is 10.5 Å². The molecule has 2 aromatic heterocycles. The van der Waals surface area contributed by atoms with Crippen LogP contribution in [-0.4, -0.2) is 38.9 Å². The third-order valence-corrected chi connectivity index (χ3v) is 3.90. The maximum Gasteiger partial charge on any atom is 0.414 e. The van der Waals surface area contributed by atoms with E-state index >= 15 is 0 Å². The summed E-state index contributed by atoms with van der Waals surface area (Å²) in [6.07, 6.45) is 6.16. The molecule has 1 fully saturated rings. The Morgan fingerprint density at radius 1 is 1.46 bits per heavy atom. The number of nitrogens with zero attached hydrogens (tertiary/aromatic N) is 5. The van der Waals surface area contributed by atoms with Crippen LogP contribution in [0.5, 0.6) is 0 Å². The van der Waals surface area contributed by atoms with Crippen LogP contribution in [0.3, 0.4) is 0 Å². The number of anilines is 1. The van der Waals surface area contributed by atoms with Crippen molar-refractivity contribution in [3.8, 4) is 12.3 Å². The molecule has 3 heterocycles. The molecule has 1 saturated heterocycles. The number of aromatic nitrogens is 4. The van der Waals surface area contributed by atoms with Gasteiger partial charge in [0.1, 0.15) is 6.10 Å². The Morgan fingerprint density at radius 2 is 2.33 bits per heavy atom. The van der Waals surface area contributed by atoms with E-state index in [1.54, 1.807) is 21.8 Å². The summed E-state index contributed by atoms with van der Waals surface area (Å²) >= 11 is 0. The molecule has 3 aromatic rings. The molecule has 0 radical (unpaired) electrons. The van der Waals surface area contributed by atoms with Gasteiger partial charge in [-0.25, -0.2) is 9.48 Å². The standard InChI is InChI=1S/C16H13N5O3/c1-3-11-7-20(19-17-11)8-13-9-21(16(22)23-13)12-4-5-14-10(2)18-24-15(14)6-12/h1,4-7,13H,8-9H2,2H3/t13-/m0/s1. The Labute approximate surface area is 137 Å². The van der Waals surface area contributed by atoms with Crippen LogP contribution in [0, 0.1) is 19.3 Å². The van der Waals surface area contributed by atoms with Gasteiger partial charge in [-0.1, -0.05) is 10.4 Å². The van der Waals surface area contributed by atoms with Gasteiger partial charge in [0.05, 0.1) is 30.7 Å². The summed E-state index contributed by atoms with van der Waals surface area (Å²) in [7, 11) is 0. The molecule has 0 spiro atoms. The Morgan fingerprint density at radius 3 is 3.12 bits per heavy atom. The molecule has 8 nitrogen and oxygen atoms in total. The van der Waals surface area contributed by atoms with Gasteiger partial charge in [0.2, 0.25) is 0 Å². The zero-order valence-corrected chi connectivity index (χ0v) is 12.8. The smallest absolute Gasteiger partial charge is 0.414 e. The zero-order valence-electron chi connectivity index (χ0n) is 12.8. The molecule has 1 aliphatic heterocycles. The number of ether oxygens (including phenoxy) is 1. The average molecular weight is 323 g/mol. The van der Waals surface area contributed by atoms with E-state index in [2.05, 4.69) is 21.4 Å². The van der Waals surface area contributed by atoms with Gasteiger partial charge in [-0.3, -0.25) is 4.90 Å². The van der Waals surface area contributed by atoms with E-state index in [4.69, 9.17) is 15.7 Å². The molecule has 120 valence electrons. The number of rotatable bonds is 3. The number of fused-ring (bicyclic) bond motifs is 1. The van der Waals surface area contributed by atoms with E-state index in [9.17, 15) is 4.79 Å². The monoisotopic (exact) mass is 323 g/mol. The van der Waals surface area contributed by atoms with Gasteiger partial charge < -0.3 is 9.26 Å². The first-order valence-corrected chi connectivity index (χ1v) is 7.35. The van der Waals surface area contributed by atoms with Gasteiger partial charge in [0, 0.05) is 11.5 Å². The summed E-state index contributed by atoms with van der Waals surface area (Å²) < 4.78 is 12.2. The first-order valence-electron chi connectivity index (χ1n) is 7.35. The van der Waals surface area contributed by atoms with Crippen LogP contribution in [0.2, 0.25) is 0 Å². The molecule has 0 aliphatic carbocycles. The molecular formula is C16H13N5O3. The molecule has 1 atom stereocenters. The predicted molar refractivity (Wildman–Crippen MR) is 84.3 cm³/mol. The molecule has 0 saturated carbocycles. The van der Waals surface area contributed by atoms with Gasteiger partial charge in [-0.2, -0.15) is 0 Å². The Bertz CT molecular complexity index is 968. The highest BCUT2D eigenvalue weighted by molar-refractivity contribution is 5.93. The average Bonchev–Trinajstić information content (AvgIpc) is 3.27. The van der Waals surface area contributed by atoms with Crippen LogP contribution >= 0.6 is 0 Å². The largest absolute Gasteiger partial charge is 0.442 e. The van der Waals surface area contributed by atoms with Gasteiger partial charge in [-0.15, -0.1) is 11.5 Å². The van der Waals surface area contributed by atoms with Gasteiger partial charge in [-0.05, 0) is 25.0 Å². The SMILES string of the molecule is C#Cc1cn(C[C@H]2CN(c3ccc4c(C)noc4c3)C(=O)O2)nn1. The van der Waals surface area contributed by atoms with Crippen LogP contribution < -0.4 is 4.90 Å². The van der Waals surface area contributed by atoms with Crippen molar-refractivity contribution in [1.29, 1.82) is 0 Å². The number of carbonyl (C=O) groups is 1. The number of terminal acetylenes is 1. The first kappa shape index (κ1) is 14.3. The van der Waals surface area contributed by atoms with E-state index in [0.717, 1.165) is 11.1 Å². The Hall–Kier alpha value is -3.34. The second-order valence-corrected chi connectivity index (χ2v) is 5.53. The maximum atomic E-state index is 12.2. The molecule has 1 aliphatic rings. The van der Waals surface area contributed by atoms with Gasteiger partial charge >= 0.3 is 6.09 Å². The molecule has 1 aromatic carbocycles. The molecule has 0 N–H and O–H groups in total. The van der Waals surface area contributed by atoms with Crippen molar-refractivity contribution >= 4 is 22.7 Å². The minimum absolute atomic E-state index is 0.336. The van der Waals surface area contributed by atoms with Gasteiger partial charge in [0.25, 0.3) is 0 Å². The summed E-state index contributed by atoms with van der Waals surface area (Å²) in [6.45, 7) is 2.66. The Kier molecular flexibility index (Phi) is 3.20. The van der Waals surface area contributed by atoms with Crippen LogP contribution in [0.1, 0.15) is 11.4 Å². The number of benzene rings is 1. The molecule has 0 unspecified atom stereocenters. The van der Waals surface area contributed by atoms with E-state index in [1.807, 2.05) is 19.1 Å². The quantitative estimate of drug-likeness (QED) is 0.682. The maximum absolute atomic E-state index is 12.2. The highest BCUT2D eigenvalue weighted by Gasteiger charge is 2.33. The number of amides is 1. The van der Waals surface area contributed by atoms with E-state index < -0.39 is 6.09 Å². The lowest BCUT2D eigenvalue weighted by molar-refractivity contribution is 0.129. The molecule has 8 heteroatoms. The molecule has 0 bridgehead atoms. The van der Waals surface area contributed by atoms with E-state index in [1.165, 1.54) is 0 Å². The lowest BCUT2D eigenvalue weighted by atomic mass is 10.2. The van der Waals surface area contributed by atoms with Gasteiger partial charge in [0.15, 0.2) is 11.3 Å². The second kappa shape index (κ2) is 5.38. The second-order valence-electron chi connectivity index (χ2n) is 5.53. The number of hydrogen-bond donors (Lipinski definition) is 0. The Balaban J connectivity index is 1.53. The third-order valence-electron chi connectivity index (χ3n) is 3.90. The minimum Gasteiger partial charge on any atom is -0.442 e. The van der Waals surface area contributed by atoms with Crippen molar-refractivity contribution in [2.45, 2.75) is 19.6 Å². The molecule has 1 amide bonds. The summed E-state index contributed by atoms with van der Waals surface area (Å²) in [6, 6.07) is 5.51. The number of carbonyl (C=O) groups excluding carboxylic acids is 1. The highest BCUT2D eigenvalue weighted by atomic mass is 16.6. The van der Waals surface area contributed by atoms with Crippen molar-refractivity contribution in [3.05, 3.63) is 35.8 Å². The zero-order chi connectivity index (χ0) is 16.7. The molecular weight excluding hydrogens is 310 g/mol. The van der Waals surface area contributed by atoms with Crippen molar-refractivity contribution in [2.24, 2.45) is 0 Å². The summed E-state index contributed by atoms with van der Waals surface area (Å²) in [5.74, 6) is 2.41. The van der Waals surface area contributed by atoms with Crippen LogP contribution in [0.15, 0.2) is 28.9 Å². The summed E-state index contributed by atoms with van der Waals surface area (Å²) in [5, 5.41) is 12.6.